The van der Waals surface area contributed by atoms with Crippen LogP contribution in [0.5, 0.6) is 0 Å². The summed E-state index contributed by atoms with van der Waals surface area (Å²) in [4.78, 5) is 65.5. The number of rotatable bonds is 38. The Labute approximate surface area is 369 Å². The molecule has 358 valence electrons. The minimum absolute atomic E-state index is 0.0190. The van der Waals surface area contributed by atoms with Gasteiger partial charge in [0.1, 0.15) is 18.5 Å². The van der Waals surface area contributed by atoms with Crippen molar-refractivity contribution in [1.82, 2.24) is 0 Å². The molecule has 0 spiro atoms. The Morgan fingerprint density at radius 1 is 0.710 bits per heavy atom. The van der Waals surface area contributed by atoms with Crippen molar-refractivity contribution in [2.75, 3.05) is 26.4 Å². The van der Waals surface area contributed by atoms with E-state index >= 15 is 0 Å². The highest BCUT2D eigenvalue weighted by Gasteiger charge is 2.39. The van der Waals surface area contributed by atoms with Gasteiger partial charge in [0.2, 0.25) is 0 Å². The minimum atomic E-state index is -4.90. The zero-order chi connectivity index (χ0) is 46.1. The van der Waals surface area contributed by atoms with E-state index in [4.69, 9.17) is 23.8 Å². The second-order valence-corrected chi connectivity index (χ2v) is 18.4. The Morgan fingerprint density at radius 3 is 1.94 bits per heavy atom. The first-order valence-corrected chi connectivity index (χ1v) is 25.5. The van der Waals surface area contributed by atoms with Crippen molar-refractivity contribution < 1.29 is 76.6 Å². The van der Waals surface area contributed by atoms with Crippen LogP contribution in [0.2, 0.25) is 0 Å². The summed E-state index contributed by atoms with van der Waals surface area (Å²) in [5.41, 5.74) is 0. The molecule has 0 aromatic heterocycles. The summed E-state index contributed by atoms with van der Waals surface area (Å²) in [5.74, 6) is -1.97. The van der Waals surface area contributed by atoms with Crippen LogP contribution in [0.15, 0.2) is 48.6 Å². The molecule has 1 rings (SSSR count). The molecule has 1 aliphatic carbocycles. The number of esters is 2. The number of phosphoric acid groups is 2. The number of aliphatic hydroxyl groups excluding tert-OH is 3. The number of phosphoric ester groups is 2. The van der Waals surface area contributed by atoms with Crippen molar-refractivity contribution in [3.05, 3.63) is 48.6 Å². The largest absolute Gasteiger partial charge is 0.472 e. The van der Waals surface area contributed by atoms with Gasteiger partial charge >= 0.3 is 27.6 Å². The van der Waals surface area contributed by atoms with Crippen molar-refractivity contribution >= 4 is 33.4 Å². The van der Waals surface area contributed by atoms with Crippen molar-refractivity contribution in [3.8, 4) is 0 Å². The number of aliphatic hydroxyl groups is 3. The summed E-state index contributed by atoms with van der Waals surface area (Å²) >= 11 is 0. The van der Waals surface area contributed by atoms with Gasteiger partial charge in [0, 0.05) is 25.2 Å². The number of unbranched alkanes of at least 4 members (excludes halogenated alkanes) is 10. The van der Waals surface area contributed by atoms with Gasteiger partial charge in [-0.3, -0.25) is 28.0 Å². The third-order valence-electron chi connectivity index (χ3n) is 10.1. The second kappa shape index (κ2) is 35.0. The van der Waals surface area contributed by atoms with Crippen LogP contribution in [0.1, 0.15) is 149 Å². The number of allylic oxidation sites excluding steroid dienone is 7. The monoisotopic (exact) mass is 922 g/mol. The fourth-order valence-electron chi connectivity index (χ4n) is 6.61. The molecule has 1 fully saturated rings. The number of ketones is 1. The Morgan fingerprint density at radius 2 is 1.27 bits per heavy atom. The molecule has 7 atom stereocenters. The van der Waals surface area contributed by atoms with Crippen LogP contribution in [0.4, 0.5) is 0 Å². The maximum Gasteiger partial charge on any atom is 0.472 e. The molecule has 62 heavy (non-hydrogen) atoms. The molecule has 0 aromatic carbocycles. The normalized spacial score (nSPS) is 19.8. The highest BCUT2D eigenvalue weighted by atomic mass is 31.2. The Balaban J connectivity index is 2.58. The Bertz CT molecular complexity index is 1440. The Kier molecular flexibility index (Phi) is 32.6. The SMILES string of the molecule is CCCCC/C=C\C/C=C\C/C=C\CCCCC(=O)OC[C@H](COP(=O)(O)OC[C@@H](O)COP(=O)(O)O)OC(=O)CCCCCC[C@H]1[C@@H](O)CC(=O)[C@@H]1/C=C/[C@@H](O)CCCCC. The van der Waals surface area contributed by atoms with Crippen LogP contribution in [0, 0.1) is 11.8 Å². The first-order valence-electron chi connectivity index (χ1n) is 22.4. The lowest BCUT2D eigenvalue weighted by molar-refractivity contribution is -0.161. The molecule has 0 bridgehead atoms. The third-order valence-corrected chi connectivity index (χ3v) is 11.5. The standard InChI is InChI=1S/C44H76O16P2/c1-3-5-7-8-9-10-11-12-13-14-15-16-17-18-23-27-43(49)56-34-38(35-59-62(54,55)58-33-37(46)32-57-61(51,52)53)60-44(50)28-24-20-19-22-26-39-40(42(48)31-41(39)47)30-29-36(45)25-21-6-4-2/h9-10,12-13,15-16,29-30,36-41,45-47H,3-8,11,14,17-28,31-35H2,1-2H3,(H,54,55)(H2,51,52,53)/b10-9-,13-12-,16-15-,30-29+/t36-,37-,38+,39+,40+,41-/m0/s1. The molecule has 0 heterocycles. The van der Waals surface area contributed by atoms with E-state index < -0.39 is 84.3 Å². The molecule has 16 nitrogen and oxygen atoms in total. The predicted octanol–water partition coefficient (Wildman–Crippen LogP) is 8.04. The van der Waals surface area contributed by atoms with Crippen molar-refractivity contribution in [3.63, 3.8) is 0 Å². The van der Waals surface area contributed by atoms with Crippen molar-refractivity contribution in [1.29, 1.82) is 0 Å². The number of carbonyl (C=O) groups is 3. The van der Waals surface area contributed by atoms with Gasteiger partial charge in [-0.2, -0.15) is 0 Å². The van der Waals surface area contributed by atoms with E-state index in [1.807, 2.05) is 0 Å². The lowest BCUT2D eigenvalue weighted by Gasteiger charge is -2.20. The summed E-state index contributed by atoms with van der Waals surface area (Å²) in [6.07, 6.45) is 27.3. The molecular weight excluding hydrogens is 846 g/mol. The van der Waals surface area contributed by atoms with Crippen LogP contribution in [0.3, 0.4) is 0 Å². The van der Waals surface area contributed by atoms with Gasteiger partial charge in [0.15, 0.2) is 6.10 Å². The average molecular weight is 923 g/mol. The highest BCUT2D eigenvalue weighted by molar-refractivity contribution is 7.47. The topological polar surface area (TPSA) is 253 Å². The molecule has 0 aromatic rings. The quantitative estimate of drug-likeness (QED) is 0.0148. The second-order valence-electron chi connectivity index (χ2n) is 15.8. The van der Waals surface area contributed by atoms with E-state index in [1.165, 1.54) is 19.3 Å². The van der Waals surface area contributed by atoms with Gasteiger partial charge in [0.05, 0.1) is 32.0 Å². The molecule has 0 aliphatic heterocycles. The van der Waals surface area contributed by atoms with Gasteiger partial charge in [-0.25, -0.2) is 9.13 Å². The van der Waals surface area contributed by atoms with Crippen LogP contribution in [-0.4, -0.2) is 98.6 Å². The highest BCUT2D eigenvalue weighted by Crippen LogP contribution is 2.44. The van der Waals surface area contributed by atoms with E-state index in [2.05, 4.69) is 59.4 Å². The average Bonchev–Trinajstić information content (AvgIpc) is 3.49. The zero-order valence-corrected chi connectivity index (χ0v) is 38.7. The number of hydrogen-bond acceptors (Lipinski definition) is 13. The van der Waals surface area contributed by atoms with Crippen molar-refractivity contribution in [2.24, 2.45) is 11.8 Å². The van der Waals surface area contributed by atoms with E-state index in [9.17, 15) is 43.7 Å². The van der Waals surface area contributed by atoms with E-state index in [0.29, 0.717) is 44.9 Å². The predicted molar refractivity (Wildman–Crippen MR) is 235 cm³/mol. The molecule has 0 amide bonds. The summed E-state index contributed by atoms with van der Waals surface area (Å²) < 4.78 is 47.8. The van der Waals surface area contributed by atoms with Gasteiger partial charge in [-0.05, 0) is 70.1 Å². The minimum Gasteiger partial charge on any atom is -0.462 e. The maximum absolute atomic E-state index is 12.8. The number of ether oxygens (including phenoxy) is 2. The van der Waals surface area contributed by atoms with E-state index in [1.54, 1.807) is 12.2 Å². The maximum atomic E-state index is 12.8. The Hall–Kier alpha value is -2.33. The van der Waals surface area contributed by atoms with Gasteiger partial charge in [0.25, 0.3) is 0 Å². The molecule has 0 radical (unpaired) electrons. The fraction of sp³-hybridized carbons (Fsp3) is 0.750. The van der Waals surface area contributed by atoms with Crippen LogP contribution >= 0.6 is 15.6 Å². The summed E-state index contributed by atoms with van der Waals surface area (Å²) in [5, 5.41) is 30.6. The molecule has 0 saturated heterocycles. The molecule has 1 saturated carbocycles. The molecular formula is C44H76O16P2. The molecule has 6 N–H and O–H groups in total. The van der Waals surface area contributed by atoms with Crippen LogP contribution in [0.25, 0.3) is 0 Å². The van der Waals surface area contributed by atoms with Crippen LogP contribution < -0.4 is 0 Å². The number of carbonyl (C=O) groups excluding carboxylic acids is 3. The molecule has 1 aliphatic rings. The van der Waals surface area contributed by atoms with Crippen molar-refractivity contribution in [2.45, 2.75) is 173 Å². The molecule has 18 heteroatoms. The van der Waals surface area contributed by atoms with Gasteiger partial charge in [-0.15, -0.1) is 0 Å². The van der Waals surface area contributed by atoms with Gasteiger partial charge in [-0.1, -0.05) is 114 Å². The van der Waals surface area contributed by atoms with E-state index in [-0.39, 0.29) is 31.0 Å². The first kappa shape index (κ1) is 57.7. The number of hydrogen-bond donors (Lipinski definition) is 6. The third kappa shape index (κ3) is 31.5. The summed E-state index contributed by atoms with van der Waals surface area (Å²) in [6.45, 7) is 1.31. The fourth-order valence-corrected chi connectivity index (χ4v) is 7.77. The smallest absolute Gasteiger partial charge is 0.462 e. The lowest BCUT2D eigenvalue weighted by atomic mass is 9.88. The van der Waals surface area contributed by atoms with Crippen LogP contribution in [-0.2, 0) is 46.6 Å². The summed E-state index contributed by atoms with van der Waals surface area (Å²) in [7, 11) is -9.79. The first-order chi connectivity index (χ1) is 29.6. The number of Topliss-reactive ketones (excluding diaryl/α,β-unsaturated/α-hetero) is 1. The molecule has 1 unspecified atom stereocenters. The lowest BCUT2D eigenvalue weighted by Crippen LogP contribution is -2.30. The van der Waals surface area contributed by atoms with Gasteiger partial charge < -0.3 is 39.5 Å². The summed E-state index contributed by atoms with van der Waals surface area (Å²) in [6, 6.07) is 0. The zero-order valence-electron chi connectivity index (χ0n) is 36.9. The van der Waals surface area contributed by atoms with E-state index in [0.717, 1.165) is 51.4 Å².